The van der Waals surface area contributed by atoms with Gasteiger partial charge in [-0.1, -0.05) is 22.9 Å². The summed E-state index contributed by atoms with van der Waals surface area (Å²) in [7, 11) is 0. The lowest BCUT2D eigenvalue weighted by Crippen LogP contribution is -2.39. The molecule has 2 aromatic heterocycles. The van der Waals surface area contributed by atoms with Gasteiger partial charge in [-0.25, -0.2) is 22.6 Å². The van der Waals surface area contributed by atoms with Gasteiger partial charge in [-0.05, 0) is 37.0 Å². The van der Waals surface area contributed by atoms with E-state index in [0.717, 1.165) is 0 Å². The van der Waals surface area contributed by atoms with Gasteiger partial charge in [-0.15, -0.1) is 5.10 Å². The van der Waals surface area contributed by atoms with Gasteiger partial charge in [0.1, 0.15) is 18.0 Å². The summed E-state index contributed by atoms with van der Waals surface area (Å²) < 4.78 is 46.7. The first kappa shape index (κ1) is 23.8. The summed E-state index contributed by atoms with van der Waals surface area (Å²) in [5, 5.41) is 16.5. The first-order valence-electron chi connectivity index (χ1n) is 10.5. The zero-order valence-electron chi connectivity index (χ0n) is 17.8. The Morgan fingerprint density at radius 2 is 1.94 bits per heavy atom. The molecule has 0 radical (unpaired) electrons. The Morgan fingerprint density at radius 1 is 1.21 bits per heavy atom. The predicted octanol–water partition coefficient (Wildman–Crippen LogP) is 4.58. The Bertz CT molecular complexity index is 1200. The summed E-state index contributed by atoms with van der Waals surface area (Å²) in [5.74, 6) is -2.66. The van der Waals surface area contributed by atoms with Crippen LogP contribution >= 0.6 is 11.6 Å². The van der Waals surface area contributed by atoms with E-state index in [4.69, 9.17) is 21.1 Å². The number of hydrogen-bond acceptors (Lipinski definition) is 5. The summed E-state index contributed by atoms with van der Waals surface area (Å²) in [6.07, 6.45) is -0.209. The highest BCUT2D eigenvalue weighted by atomic mass is 35.5. The predicted molar refractivity (Wildman–Crippen MR) is 114 cm³/mol. The minimum atomic E-state index is -2.38. The van der Waals surface area contributed by atoms with E-state index in [1.165, 1.54) is 40.0 Å². The Hall–Kier alpha value is -3.34. The molecule has 3 aromatic rings. The van der Waals surface area contributed by atoms with Crippen LogP contribution in [0.5, 0.6) is 0 Å². The number of carbonyl (C=O) groups excluding carboxylic acids is 1. The molecule has 0 aliphatic carbocycles. The number of carboxylic acids is 1. The van der Waals surface area contributed by atoms with Crippen LogP contribution in [0.4, 0.5) is 13.2 Å². The average Bonchev–Trinajstić information content (AvgIpc) is 3.45. The molecule has 1 N–H and O–H groups in total. The number of aromatic nitrogens is 3. The second-order valence-corrected chi connectivity index (χ2v) is 8.40. The summed E-state index contributed by atoms with van der Waals surface area (Å²) in [6, 6.07) is 5.59. The monoisotopic (exact) mass is 496 g/mol. The van der Waals surface area contributed by atoms with E-state index < -0.39 is 24.1 Å². The largest absolute Gasteiger partial charge is 0.475 e. The lowest BCUT2D eigenvalue weighted by atomic mass is 9.93. The first-order valence-corrected chi connectivity index (χ1v) is 10.9. The molecule has 0 atom stereocenters. The molecule has 0 unspecified atom stereocenters. The lowest BCUT2D eigenvalue weighted by Gasteiger charge is -2.32. The van der Waals surface area contributed by atoms with Gasteiger partial charge >= 0.3 is 5.97 Å². The van der Waals surface area contributed by atoms with Crippen molar-refractivity contribution < 1.29 is 32.3 Å². The highest BCUT2D eigenvalue weighted by Crippen LogP contribution is 2.32. The number of amides is 1. The zero-order valence-corrected chi connectivity index (χ0v) is 18.5. The molecule has 0 bridgehead atoms. The summed E-state index contributed by atoms with van der Waals surface area (Å²) >= 11 is 6.21. The molecule has 1 saturated heterocycles. The highest BCUT2D eigenvalue weighted by molar-refractivity contribution is 6.33. The Balaban J connectivity index is 1.46. The van der Waals surface area contributed by atoms with Crippen LogP contribution in [0.3, 0.4) is 0 Å². The third-order valence-corrected chi connectivity index (χ3v) is 6.10. The number of nitrogens with zero attached hydrogens (tertiary/aromatic N) is 4. The number of likely N-dealkylation sites (tertiary alicyclic amines) is 1. The molecule has 1 aromatic carbocycles. The van der Waals surface area contributed by atoms with Crippen molar-refractivity contribution in [3.8, 4) is 11.3 Å². The van der Waals surface area contributed by atoms with Crippen molar-refractivity contribution in [1.29, 1.82) is 0 Å². The number of halogens is 4. The van der Waals surface area contributed by atoms with Crippen molar-refractivity contribution in [2.45, 2.75) is 32.2 Å². The number of carboxylic acid groups (broad SMARTS) is 1. The van der Waals surface area contributed by atoms with Gasteiger partial charge in [0.05, 0.1) is 16.8 Å². The number of furan rings is 1. The van der Waals surface area contributed by atoms with Gasteiger partial charge in [-0.2, -0.15) is 0 Å². The number of rotatable bonds is 7. The number of carbonyl (C=O) groups is 2. The minimum Gasteiger partial charge on any atom is -0.475 e. The topological polar surface area (TPSA) is 101 Å². The smallest absolute Gasteiger partial charge is 0.371 e. The molecule has 3 heterocycles. The maximum atomic E-state index is 15.0. The van der Waals surface area contributed by atoms with Crippen molar-refractivity contribution in [2.24, 2.45) is 5.92 Å². The summed E-state index contributed by atoms with van der Waals surface area (Å²) in [6.45, 7) is 0.651. The van der Waals surface area contributed by atoms with E-state index >= 15 is 4.39 Å². The van der Waals surface area contributed by atoms with Crippen LogP contribution < -0.4 is 0 Å². The number of aromatic carboxylic acids is 1. The molecule has 1 amide bonds. The molecular formula is C22H20ClF3N4O4. The van der Waals surface area contributed by atoms with Crippen LogP contribution in [0, 0.1) is 11.7 Å². The van der Waals surface area contributed by atoms with E-state index in [-0.39, 0.29) is 59.6 Å². The fraction of sp³-hybridized carbons (Fsp3) is 0.364. The van der Waals surface area contributed by atoms with Crippen LogP contribution in [0.25, 0.3) is 11.3 Å². The van der Waals surface area contributed by atoms with Crippen molar-refractivity contribution in [3.63, 3.8) is 0 Å². The third kappa shape index (κ3) is 5.09. The normalized spacial score (nSPS) is 14.7. The Kier molecular flexibility index (Phi) is 6.92. The van der Waals surface area contributed by atoms with Gasteiger partial charge in [-0.3, -0.25) is 4.79 Å². The first-order chi connectivity index (χ1) is 16.2. The van der Waals surface area contributed by atoms with E-state index in [2.05, 4.69) is 10.3 Å². The standard InChI is InChI=1S/C22H20ClF3N4O4/c23-19-14(16-11-30(28-27-16)10-13-1-4-17(34-13)22(32)33)2-3-15(20(19)26)21(31)29-7-5-12(6-8-29)9-18(24)25/h1-4,11-12,18H,5-10H2,(H,32,33). The van der Waals surface area contributed by atoms with Crippen molar-refractivity contribution in [2.75, 3.05) is 13.1 Å². The van der Waals surface area contributed by atoms with E-state index in [1.807, 2.05) is 0 Å². The molecular weight excluding hydrogens is 477 g/mol. The zero-order chi connectivity index (χ0) is 24.4. The molecule has 0 spiro atoms. The van der Waals surface area contributed by atoms with Crippen LogP contribution in [-0.4, -0.2) is 56.4 Å². The summed E-state index contributed by atoms with van der Waals surface area (Å²) in [5.41, 5.74) is 0.272. The number of piperidine rings is 1. The minimum absolute atomic E-state index is 0.0957. The van der Waals surface area contributed by atoms with Gasteiger partial charge < -0.3 is 14.4 Å². The Labute approximate surface area is 196 Å². The average molecular weight is 497 g/mol. The Morgan fingerprint density at radius 3 is 2.59 bits per heavy atom. The van der Waals surface area contributed by atoms with Gasteiger partial charge in [0.25, 0.3) is 5.91 Å². The lowest BCUT2D eigenvalue weighted by molar-refractivity contribution is 0.0606. The fourth-order valence-electron chi connectivity index (χ4n) is 3.94. The molecule has 34 heavy (non-hydrogen) atoms. The van der Waals surface area contributed by atoms with Crippen molar-refractivity contribution in [3.05, 3.63) is 58.4 Å². The molecule has 1 aliphatic heterocycles. The SMILES string of the molecule is O=C(O)c1ccc(Cn2cc(-c3ccc(C(=O)N4CCC(CC(F)F)CC4)c(F)c3Cl)nn2)o1. The number of alkyl halides is 2. The second kappa shape index (κ2) is 9.88. The summed E-state index contributed by atoms with van der Waals surface area (Å²) in [4.78, 5) is 25.2. The second-order valence-electron chi connectivity index (χ2n) is 8.02. The molecule has 8 nitrogen and oxygen atoms in total. The van der Waals surface area contributed by atoms with Crippen molar-refractivity contribution in [1.82, 2.24) is 19.9 Å². The molecule has 1 aliphatic rings. The number of hydrogen-bond donors (Lipinski definition) is 1. The maximum Gasteiger partial charge on any atom is 0.371 e. The van der Waals surface area contributed by atoms with Crippen molar-refractivity contribution >= 4 is 23.5 Å². The fourth-order valence-corrected chi connectivity index (χ4v) is 4.20. The molecule has 180 valence electrons. The van der Waals surface area contributed by atoms with Crippen LogP contribution in [0.2, 0.25) is 5.02 Å². The van der Waals surface area contributed by atoms with Crippen LogP contribution in [-0.2, 0) is 6.54 Å². The molecule has 4 rings (SSSR count). The molecule has 12 heteroatoms. The maximum absolute atomic E-state index is 15.0. The molecule has 1 fully saturated rings. The molecule has 0 saturated carbocycles. The van der Waals surface area contributed by atoms with Gasteiger partial charge in [0.15, 0.2) is 5.82 Å². The highest BCUT2D eigenvalue weighted by Gasteiger charge is 2.28. The van der Waals surface area contributed by atoms with Gasteiger partial charge in [0.2, 0.25) is 12.2 Å². The van der Waals surface area contributed by atoms with Gasteiger partial charge in [0, 0.05) is 25.1 Å². The van der Waals surface area contributed by atoms with E-state index in [1.54, 1.807) is 0 Å². The van der Waals surface area contributed by atoms with Crippen LogP contribution in [0.15, 0.2) is 34.9 Å². The van der Waals surface area contributed by atoms with E-state index in [9.17, 15) is 18.4 Å². The third-order valence-electron chi connectivity index (χ3n) is 5.73. The quantitative estimate of drug-likeness (QED) is 0.513. The van der Waals surface area contributed by atoms with Crippen LogP contribution in [0.1, 0.15) is 45.9 Å². The van der Waals surface area contributed by atoms with E-state index in [0.29, 0.717) is 18.6 Å². The number of benzene rings is 1.